The highest BCUT2D eigenvalue weighted by atomic mass is 19.3. The number of alkyl carbamates (subject to hydrolysis) is 1. The van der Waals surface area contributed by atoms with Crippen molar-refractivity contribution in [3.8, 4) is 5.75 Å². The molecule has 0 aliphatic heterocycles. The highest BCUT2D eigenvalue weighted by molar-refractivity contribution is 5.67. The molecule has 2 aromatic rings. The highest BCUT2D eigenvalue weighted by Crippen LogP contribution is 2.30. The summed E-state index contributed by atoms with van der Waals surface area (Å²) in [7, 11) is 0. The molecule has 0 spiro atoms. The topological polar surface area (TPSA) is 88.0 Å². The van der Waals surface area contributed by atoms with Crippen molar-refractivity contribution in [2.24, 2.45) is 0 Å². The zero-order chi connectivity index (χ0) is 20.5. The molecule has 0 heterocycles. The van der Waals surface area contributed by atoms with E-state index in [2.05, 4.69) is 10.1 Å². The lowest BCUT2D eigenvalue weighted by Crippen LogP contribution is -2.30. The van der Waals surface area contributed by atoms with E-state index in [0.29, 0.717) is 6.07 Å². The maximum absolute atomic E-state index is 13.2. The fourth-order valence-corrected chi connectivity index (χ4v) is 2.41. The second-order valence-corrected chi connectivity index (χ2v) is 5.85. The number of carbonyl (C=O) groups excluding carboxylic acids is 1. The molecular formula is C19H20F3NO5. The first kappa shape index (κ1) is 21.5. The molecule has 9 heteroatoms. The number of aliphatic hydroxyl groups excluding tert-OH is 2. The van der Waals surface area contributed by atoms with Crippen molar-refractivity contribution in [2.45, 2.75) is 31.8 Å². The number of amides is 1. The molecule has 2 rings (SSSR count). The summed E-state index contributed by atoms with van der Waals surface area (Å²) < 4.78 is 47.3. The minimum absolute atomic E-state index is 0.0436. The van der Waals surface area contributed by atoms with Crippen molar-refractivity contribution in [3.63, 3.8) is 0 Å². The predicted octanol–water partition coefficient (Wildman–Crippen LogP) is 3.14. The number of nitrogens with one attached hydrogen (secondary N) is 1. The summed E-state index contributed by atoms with van der Waals surface area (Å²) >= 11 is 0. The largest absolute Gasteiger partial charge is 0.445 e. The first-order valence-electron chi connectivity index (χ1n) is 8.41. The molecule has 0 fully saturated rings. The van der Waals surface area contributed by atoms with Gasteiger partial charge in [-0.2, -0.15) is 8.78 Å². The third-order valence-electron chi connectivity index (χ3n) is 3.80. The predicted molar refractivity (Wildman–Crippen MR) is 93.2 cm³/mol. The van der Waals surface area contributed by atoms with E-state index in [4.69, 9.17) is 4.74 Å². The monoisotopic (exact) mass is 399 g/mol. The summed E-state index contributed by atoms with van der Waals surface area (Å²) in [5.41, 5.74) is 0.608. The highest BCUT2D eigenvalue weighted by Gasteiger charge is 2.24. The lowest BCUT2D eigenvalue weighted by atomic mass is 10.0. The Balaban J connectivity index is 1.82. The Hall–Kier alpha value is -2.78. The summed E-state index contributed by atoms with van der Waals surface area (Å²) in [5, 5.41) is 22.6. The maximum Gasteiger partial charge on any atom is 0.407 e. The van der Waals surface area contributed by atoms with E-state index >= 15 is 0 Å². The normalized spacial score (nSPS) is 13.1. The molecule has 152 valence electrons. The van der Waals surface area contributed by atoms with Gasteiger partial charge in [0.2, 0.25) is 0 Å². The van der Waals surface area contributed by atoms with Gasteiger partial charge in [0.25, 0.3) is 0 Å². The molecular weight excluding hydrogens is 379 g/mol. The number of aliphatic hydroxyl groups is 2. The van der Waals surface area contributed by atoms with Gasteiger partial charge in [0.05, 0.1) is 6.10 Å². The van der Waals surface area contributed by atoms with Gasteiger partial charge < -0.3 is 25.0 Å². The second-order valence-electron chi connectivity index (χ2n) is 5.85. The van der Waals surface area contributed by atoms with Crippen molar-refractivity contribution in [1.29, 1.82) is 0 Å². The molecule has 1 amide bonds. The molecule has 2 atom stereocenters. The maximum atomic E-state index is 13.2. The van der Waals surface area contributed by atoms with Crippen LogP contribution in [0.1, 0.15) is 23.7 Å². The van der Waals surface area contributed by atoms with Crippen LogP contribution in [0.25, 0.3) is 0 Å². The van der Waals surface area contributed by atoms with E-state index in [1.54, 1.807) is 24.3 Å². The third-order valence-corrected chi connectivity index (χ3v) is 3.80. The molecule has 6 nitrogen and oxygen atoms in total. The average Bonchev–Trinajstić information content (AvgIpc) is 2.66. The van der Waals surface area contributed by atoms with Crippen LogP contribution in [-0.4, -0.2) is 35.6 Å². The van der Waals surface area contributed by atoms with Crippen molar-refractivity contribution in [2.75, 3.05) is 6.54 Å². The van der Waals surface area contributed by atoms with E-state index in [0.717, 1.165) is 17.7 Å². The van der Waals surface area contributed by atoms with Gasteiger partial charge in [-0.3, -0.25) is 0 Å². The molecule has 0 aromatic heterocycles. The van der Waals surface area contributed by atoms with Crippen LogP contribution >= 0.6 is 0 Å². The SMILES string of the molecule is O=C(NCCC(O)C(O)c1ccc(F)cc1OC(F)F)OCc1ccccc1. The molecule has 2 unspecified atom stereocenters. The molecule has 0 radical (unpaired) electrons. The van der Waals surface area contributed by atoms with Gasteiger partial charge >= 0.3 is 12.7 Å². The van der Waals surface area contributed by atoms with Crippen LogP contribution in [0.2, 0.25) is 0 Å². The summed E-state index contributed by atoms with van der Waals surface area (Å²) in [6, 6.07) is 11.7. The minimum Gasteiger partial charge on any atom is -0.445 e. The van der Waals surface area contributed by atoms with Crippen LogP contribution in [0, 0.1) is 5.82 Å². The number of carbonyl (C=O) groups is 1. The summed E-state index contributed by atoms with van der Waals surface area (Å²) in [4.78, 5) is 11.6. The summed E-state index contributed by atoms with van der Waals surface area (Å²) in [6.45, 7) is -3.19. The Morgan fingerprint density at radius 1 is 1.11 bits per heavy atom. The van der Waals surface area contributed by atoms with E-state index in [-0.39, 0.29) is 25.1 Å². The van der Waals surface area contributed by atoms with Crippen LogP contribution in [0.3, 0.4) is 0 Å². The number of alkyl halides is 2. The van der Waals surface area contributed by atoms with E-state index in [9.17, 15) is 28.2 Å². The molecule has 0 saturated carbocycles. The Morgan fingerprint density at radius 2 is 1.82 bits per heavy atom. The van der Waals surface area contributed by atoms with E-state index < -0.39 is 36.5 Å². The number of benzene rings is 2. The van der Waals surface area contributed by atoms with Crippen LogP contribution in [-0.2, 0) is 11.3 Å². The standard InChI is InChI=1S/C19H20F3NO5/c20-13-6-7-14(16(10-13)28-18(21)22)17(25)15(24)8-9-23-19(26)27-11-12-4-2-1-3-5-12/h1-7,10,15,17-18,24-25H,8-9,11H2,(H,23,26). The molecule has 28 heavy (non-hydrogen) atoms. The van der Waals surface area contributed by atoms with Crippen LogP contribution < -0.4 is 10.1 Å². The van der Waals surface area contributed by atoms with Crippen LogP contribution in [0.5, 0.6) is 5.75 Å². The van der Waals surface area contributed by atoms with Crippen molar-refractivity contribution in [1.82, 2.24) is 5.32 Å². The zero-order valence-corrected chi connectivity index (χ0v) is 14.7. The zero-order valence-electron chi connectivity index (χ0n) is 14.7. The first-order chi connectivity index (χ1) is 13.4. The number of ether oxygens (including phenoxy) is 2. The Bertz CT molecular complexity index is 760. The fourth-order valence-electron chi connectivity index (χ4n) is 2.41. The Kier molecular flexibility index (Phi) is 8.09. The summed E-state index contributed by atoms with van der Waals surface area (Å²) in [5.74, 6) is -1.40. The van der Waals surface area contributed by atoms with Crippen molar-refractivity contribution < 1.29 is 37.7 Å². The number of halogens is 3. The molecule has 3 N–H and O–H groups in total. The minimum atomic E-state index is -3.22. The lowest BCUT2D eigenvalue weighted by molar-refractivity contribution is -0.0542. The van der Waals surface area contributed by atoms with Gasteiger partial charge in [0, 0.05) is 18.2 Å². The number of rotatable bonds is 9. The van der Waals surface area contributed by atoms with Crippen LogP contribution in [0.15, 0.2) is 48.5 Å². The van der Waals surface area contributed by atoms with Crippen molar-refractivity contribution >= 4 is 6.09 Å². The number of hydrogen-bond acceptors (Lipinski definition) is 5. The molecule has 0 aliphatic carbocycles. The van der Waals surface area contributed by atoms with E-state index in [1.807, 2.05) is 6.07 Å². The Morgan fingerprint density at radius 3 is 2.50 bits per heavy atom. The molecule has 2 aromatic carbocycles. The van der Waals surface area contributed by atoms with Gasteiger partial charge in [-0.1, -0.05) is 30.3 Å². The van der Waals surface area contributed by atoms with E-state index in [1.165, 1.54) is 0 Å². The van der Waals surface area contributed by atoms with Crippen LogP contribution in [0.4, 0.5) is 18.0 Å². The smallest absolute Gasteiger partial charge is 0.407 e. The second kappa shape index (κ2) is 10.5. The van der Waals surface area contributed by atoms with Gasteiger partial charge in [0.1, 0.15) is 24.3 Å². The average molecular weight is 399 g/mol. The number of hydrogen-bond donors (Lipinski definition) is 3. The fraction of sp³-hybridized carbons (Fsp3) is 0.316. The van der Waals surface area contributed by atoms with Gasteiger partial charge in [-0.15, -0.1) is 0 Å². The van der Waals surface area contributed by atoms with Gasteiger partial charge in [0.15, 0.2) is 0 Å². The van der Waals surface area contributed by atoms with Gasteiger partial charge in [-0.25, -0.2) is 9.18 Å². The third kappa shape index (κ3) is 6.75. The quantitative estimate of drug-likeness (QED) is 0.603. The molecule has 0 saturated heterocycles. The van der Waals surface area contributed by atoms with Gasteiger partial charge in [-0.05, 0) is 24.1 Å². The lowest BCUT2D eigenvalue weighted by Gasteiger charge is -2.21. The first-order valence-corrected chi connectivity index (χ1v) is 8.41. The molecule has 0 aliphatic rings. The van der Waals surface area contributed by atoms with Crippen molar-refractivity contribution in [3.05, 3.63) is 65.5 Å². The summed E-state index contributed by atoms with van der Waals surface area (Å²) in [6.07, 6.45) is -3.85. The Labute approximate surface area is 159 Å². The molecule has 0 bridgehead atoms.